The normalized spacial score (nSPS) is 26.2. The van der Waals surface area contributed by atoms with Gasteiger partial charge in [0.1, 0.15) is 47.5 Å². The highest BCUT2D eigenvalue weighted by Gasteiger charge is 2.54. The zero-order chi connectivity index (χ0) is 84.8. The average Bonchev–Trinajstić information content (AvgIpc) is 0.989. The number of fused-ring (bicyclic) bond motifs is 4. The second kappa shape index (κ2) is 37.3. The summed E-state index contributed by atoms with van der Waals surface area (Å²) in [6, 6.07) is 7.57. The molecule has 0 bridgehead atoms. The Labute approximate surface area is 672 Å². The van der Waals surface area contributed by atoms with Gasteiger partial charge in [-0.15, -0.1) is 11.8 Å². The molecular weight excluding hydrogens is 1550 g/mol. The summed E-state index contributed by atoms with van der Waals surface area (Å²) in [6.45, 7) is 6.37. The number of likely N-dealkylation sites (N-methyl/N-ethyl adjacent to an activating group) is 1. The van der Waals surface area contributed by atoms with Crippen LogP contribution in [0.4, 0.5) is 11.6 Å². The van der Waals surface area contributed by atoms with Gasteiger partial charge in [-0.2, -0.15) is 4.98 Å². The van der Waals surface area contributed by atoms with Crippen molar-refractivity contribution in [2.75, 3.05) is 51.1 Å². The van der Waals surface area contributed by atoms with Crippen LogP contribution < -0.4 is 27.2 Å². The number of aliphatic carboxylic acids is 3. The van der Waals surface area contributed by atoms with Crippen molar-refractivity contribution >= 4 is 111 Å². The number of nitrogens with two attached hydrogens (primary N) is 1. The first-order valence-corrected chi connectivity index (χ1v) is 39.1. The molecule has 2 aliphatic carbocycles. The van der Waals surface area contributed by atoms with Crippen LogP contribution in [0.2, 0.25) is 0 Å². The first-order valence-electron chi connectivity index (χ1n) is 38.1. The summed E-state index contributed by atoms with van der Waals surface area (Å²) in [5.41, 5.74) is 3.65. The molecule has 7 unspecified atom stereocenters. The number of ketones is 4. The number of amides is 4. The number of aliphatic hydroxyl groups is 2. The monoisotopic (exact) mass is 1650 g/mol. The van der Waals surface area contributed by atoms with Crippen LogP contribution in [0.1, 0.15) is 182 Å². The molecule has 39 heteroatoms. The number of imide groups is 1. The van der Waals surface area contributed by atoms with E-state index in [1.807, 2.05) is 19.0 Å². The number of aliphatic imine (C=N–C) groups is 1. The van der Waals surface area contributed by atoms with Gasteiger partial charge in [0, 0.05) is 110 Å². The van der Waals surface area contributed by atoms with E-state index in [0.717, 1.165) is 23.8 Å². The van der Waals surface area contributed by atoms with Crippen molar-refractivity contribution in [1.29, 1.82) is 0 Å². The summed E-state index contributed by atoms with van der Waals surface area (Å²) in [5, 5.41) is 83.2. The molecule has 0 spiro atoms. The predicted molar refractivity (Wildman–Crippen MR) is 410 cm³/mol. The first-order chi connectivity index (χ1) is 55.5. The number of phenols is 2. The van der Waals surface area contributed by atoms with E-state index in [9.17, 15) is 98.1 Å². The lowest BCUT2D eigenvalue weighted by atomic mass is 9.67. The summed E-state index contributed by atoms with van der Waals surface area (Å²) in [5.74, 6) is -15.4. The number of H-pyrrole nitrogens is 1. The van der Waals surface area contributed by atoms with Gasteiger partial charge in [0.2, 0.25) is 29.5 Å². The summed E-state index contributed by atoms with van der Waals surface area (Å²) in [4.78, 5) is 191. The molecule has 4 amide bonds. The zero-order valence-corrected chi connectivity index (χ0v) is 65.7. The van der Waals surface area contributed by atoms with Crippen molar-refractivity contribution in [3.63, 3.8) is 0 Å². The molecule has 4 saturated heterocycles. The van der Waals surface area contributed by atoms with Gasteiger partial charge in [-0.25, -0.2) is 19.6 Å². The van der Waals surface area contributed by atoms with Crippen LogP contribution in [0.3, 0.4) is 0 Å². The molecule has 6 heterocycles. The van der Waals surface area contributed by atoms with Crippen LogP contribution in [0.25, 0.3) is 11.2 Å². The summed E-state index contributed by atoms with van der Waals surface area (Å²) < 4.78 is 43.7. The zero-order valence-electron chi connectivity index (χ0n) is 64.9. The fraction of sp³-hybridized carbons (Fsp3) is 0.526. The van der Waals surface area contributed by atoms with E-state index in [0.29, 0.717) is 23.5 Å². The van der Waals surface area contributed by atoms with E-state index in [2.05, 4.69) is 40.9 Å². The van der Waals surface area contributed by atoms with Gasteiger partial charge >= 0.3 is 23.9 Å². The van der Waals surface area contributed by atoms with Gasteiger partial charge in [-0.05, 0) is 103 Å². The molecular formula is C78H93N11O27S. The van der Waals surface area contributed by atoms with Crippen LogP contribution in [-0.2, 0) is 82.9 Å². The lowest BCUT2D eigenvalue weighted by molar-refractivity contribution is -0.324. The third kappa shape index (κ3) is 20.0. The van der Waals surface area contributed by atoms with E-state index < -0.39 is 234 Å². The van der Waals surface area contributed by atoms with E-state index in [-0.39, 0.29) is 115 Å². The van der Waals surface area contributed by atoms with Crippen LogP contribution >= 0.6 is 11.8 Å². The van der Waals surface area contributed by atoms with Crippen LogP contribution in [0.15, 0.2) is 64.5 Å². The average molecular weight is 1650 g/mol. The maximum absolute atomic E-state index is 14.1. The summed E-state index contributed by atoms with van der Waals surface area (Å²) in [7, 11) is 4.79. The molecule has 3 aromatic carbocycles. The number of hydrogen-bond acceptors (Lipinski definition) is 32. The molecule has 2 aromatic heterocycles. The molecule has 117 heavy (non-hydrogen) atoms. The molecule has 0 saturated carbocycles. The number of carbonyl (C=O) groups excluding carboxylic acids is 9. The number of hydrogen-bond donors (Lipinski definition) is 12. The number of nitrogens with zero attached hydrogens (tertiary/aromatic N) is 6. The number of methoxy groups -OCH3 is 1. The summed E-state index contributed by atoms with van der Waals surface area (Å²) >= 11 is 0.784. The van der Waals surface area contributed by atoms with Gasteiger partial charge in [0.25, 0.3) is 11.5 Å². The van der Waals surface area contributed by atoms with Gasteiger partial charge in [-0.3, -0.25) is 67.6 Å². The minimum absolute atomic E-state index is 0.00429. The second-order valence-electron chi connectivity index (χ2n) is 29.9. The Kier molecular flexibility index (Phi) is 27.8. The number of benzene rings is 3. The molecule has 4 aliphatic heterocycles. The molecule has 4 fully saturated rings. The number of anilines is 2. The lowest BCUT2D eigenvalue weighted by Crippen LogP contribution is -2.58. The van der Waals surface area contributed by atoms with Crippen molar-refractivity contribution in [2.24, 2.45) is 10.9 Å². The number of esters is 1. The molecule has 17 atom stereocenters. The third-order valence-electron chi connectivity index (χ3n) is 21.8. The van der Waals surface area contributed by atoms with Gasteiger partial charge in [0.05, 0.1) is 90.5 Å². The van der Waals surface area contributed by atoms with Crippen molar-refractivity contribution in [2.45, 2.75) is 214 Å². The fourth-order valence-corrected chi connectivity index (χ4v) is 16.6. The maximum atomic E-state index is 14.1. The number of Topliss-reactive ketones (excluding diaryl/α,β-unsaturated/α-hetero) is 2. The van der Waals surface area contributed by atoms with Gasteiger partial charge < -0.3 is 95.5 Å². The number of aliphatic hydroxyl groups excluding tert-OH is 1. The van der Waals surface area contributed by atoms with Gasteiger partial charge in [0.15, 0.2) is 41.6 Å². The number of carboxylic acids is 3. The van der Waals surface area contributed by atoms with E-state index in [1.54, 1.807) is 27.7 Å². The van der Waals surface area contributed by atoms with Crippen molar-refractivity contribution in [3.05, 3.63) is 110 Å². The Bertz CT molecular complexity index is 4780. The standard InChI is InChI=1S/C78H93N11O27S/c1-8-78(109)29-52(60-44(62(78)76(108)110-7)25-45-61(66(60)98)65(97)59-43(64(45)96)10-9-11-50(59)92)114-57-26-49(88(5)6)67(35(3)112-57)116-58-27-51(93)68(36(4)113-58)115-56-21-19-46(34(2)111-56)81-32-42(91)22-23-89-55(95)28-53(72(89)101)117-33-48(75(106)107)84-54(94)20-14-38(73(102)103)24-41(90)17-18-47(74(104)105)85-70(99)37-12-15-39(16-13-37)80-30-40-31-82-69-63(83-40)71(100)87-77(79)86-69/h9-13,15-16,25,31,34-36,38,47-49,51-53,56-58,62,67-68,80,92-93,98,109H,8,14,17-24,26-30,32-33H2,1-7H3,(H,84,94)(H,85,99)(H,102,103)(H,104,105)(H,106,107)(H3,79,82,86,87,100)/t34?,35?,36?,38?,47?,48?,49-,51-,52+,53?,56+,57+,58+,62+,67-,68-,78-/m1/s1. The summed E-state index contributed by atoms with van der Waals surface area (Å²) in [6.07, 6.45) is -10.0. The molecule has 5 aromatic rings. The number of phenolic OH excluding ortho intramolecular Hbond substituents is 2. The highest BCUT2D eigenvalue weighted by molar-refractivity contribution is 8.00. The highest BCUT2D eigenvalue weighted by atomic mass is 32.2. The minimum Gasteiger partial charge on any atom is -0.507 e. The largest absolute Gasteiger partial charge is 0.507 e. The Morgan fingerprint density at radius 3 is 2.18 bits per heavy atom. The van der Waals surface area contributed by atoms with Crippen molar-refractivity contribution in [3.8, 4) is 11.5 Å². The van der Waals surface area contributed by atoms with Crippen molar-refractivity contribution in [1.82, 2.24) is 40.4 Å². The lowest BCUT2D eigenvalue weighted by Gasteiger charge is -2.48. The molecule has 628 valence electrons. The van der Waals surface area contributed by atoms with Crippen LogP contribution in [0.5, 0.6) is 11.5 Å². The van der Waals surface area contributed by atoms with Gasteiger partial charge in [-0.1, -0.05) is 19.1 Å². The number of aromatic nitrogens is 4. The molecule has 6 aliphatic rings. The molecule has 13 N–H and O–H groups in total. The number of carboxylic acid groups (broad SMARTS) is 3. The molecule has 11 rings (SSSR count). The third-order valence-corrected chi connectivity index (χ3v) is 23.1. The number of nitrogen functional groups attached to an aromatic ring is 1. The van der Waals surface area contributed by atoms with Crippen molar-refractivity contribution < 1.29 is 126 Å². The predicted octanol–water partition coefficient (Wildman–Crippen LogP) is 2.74. The molecule has 38 nitrogen and oxygen atoms in total. The number of likely N-dealkylation sites (tertiary alicyclic amines) is 1. The highest BCUT2D eigenvalue weighted by Crippen LogP contribution is 2.54. The molecule has 0 radical (unpaired) electrons. The Hall–Kier alpha value is -10.6. The SMILES string of the molecule is CC[C@@]1(O)C[C@H](O[C@H]2C[C@@H](N(C)C)[C@H](O[C@H]3C[C@@H](O)[C@H](O[C@H]4CCC(=NCC(=O)CCN5C(=O)CC(SCC(NC(=O)CCC(CC(=O)CCC(NC(=O)c6ccc(NCc7cnc8nc(N)[nH]c(=O)c8n7)cc6)C(=O)O)C(=O)O)C(=O)O)C5=O)C(C)O4)C(C)O3)C(C)O2)c2c(cc3c(c2O)C(=O)c2c(O)cccc2C3=O)[C@H]1C(=O)OC. The smallest absolute Gasteiger partial charge is 0.327 e. The quantitative estimate of drug-likeness (QED) is 0.0204. The number of ether oxygens (including phenoxy) is 7. The Morgan fingerprint density at radius 2 is 1.51 bits per heavy atom. The van der Waals surface area contributed by atoms with E-state index in [4.69, 9.17) is 38.9 Å². The maximum Gasteiger partial charge on any atom is 0.327 e. The number of rotatable bonds is 34. The minimum atomic E-state index is -1.84. The first kappa shape index (κ1) is 87.2. The fourth-order valence-electron chi connectivity index (χ4n) is 15.5. The van der Waals surface area contributed by atoms with Crippen LogP contribution in [-0.4, -0.2) is 266 Å². The number of thioether (sulfide) groups is 1. The van der Waals surface area contributed by atoms with E-state index in [1.165, 1.54) is 54.7 Å². The number of carbonyl (C=O) groups is 12. The van der Waals surface area contributed by atoms with Crippen LogP contribution in [0, 0.1) is 5.92 Å². The Balaban J connectivity index is 0.586. The number of nitrogens with one attached hydrogen (secondary N) is 4. The number of aromatic hydroxyl groups is 2. The second-order valence-corrected chi connectivity index (χ2v) is 31.1. The topological polar surface area (TPSA) is 564 Å². The Morgan fingerprint density at radius 1 is 0.812 bits per heavy atom. The van der Waals surface area contributed by atoms with E-state index >= 15 is 0 Å². The number of aromatic amines is 1.